The van der Waals surface area contributed by atoms with Crippen molar-refractivity contribution in [2.75, 3.05) is 17.6 Å². The molecule has 194 valence electrons. The molecule has 0 fully saturated rings. The normalized spacial score (nSPS) is 14.0. The van der Waals surface area contributed by atoms with Crippen LogP contribution in [0.25, 0.3) is 11.2 Å². The highest BCUT2D eigenvalue weighted by Crippen LogP contribution is 2.28. The average Bonchev–Trinajstić information content (AvgIpc) is 3.61. The van der Waals surface area contributed by atoms with Crippen molar-refractivity contribution in [1.82, 2.24) is 39.5 Å². The number of hydrogen-bond acceptors (Lipinski definition) is 12. The van der Waals surface area contributed by atoms with Gasteiger partial charge in [0.1, 0.15) is 29.2 Å². The number of nitrogens with one attached hydrogen (secondary N) is 2. The van der Waals surface area contributed by atoms with Crippen molar-refractivity contribution in [2.24, 2.45) is 0 Å². The summed E-state index contributed by atoms with van der Waals surface area (Å²) in [7, 11) is 0. The minimum atomic E-state index is -0.147. The molecule has 5 aromatic heterocycles. The van der Waals surface area contributed by atoms with Gasteiger partial charge in [-0.05, 0) is 31.9 Å². The largest absolute Gasteiger partial charge is 0.469 e. The number of furan rings is 1. The van der Waals surface area contributed by atoms with Crippen LogP contribution in [-0.4, -0.2) is 57.3 Å². The molecule has 5 N–H and O–H groups in total. The Hall–Kier alpha value is -4.78. The molecule has 0 aromatic carbocycles. The molecule has 0 spiro atoms. The molecule has 13 heteroatoms. The average molecular weight is 514 g/mol. The summed E-state index contributed by atoms with van der Waals surface area (Å²) >= 11 is 0. The number of imidazole rings is 1. The van der Waals surface area contributed by atoms with Crippen LogP contribution in [0.2, 0.25) is 0 Å². The van der Waals surface area contributed by atoms with Crippen LogP contribution in [-0.2, 0) is 25.9 Å². The summed E-state index contributed by atoms with van der Waals surface area (Å²) in [6.45, 7) is 2.43. The van der Waals surface area contributed by atoms with Crippen LogP contribution in [0.15, 0.2) is 47.9 Å². The Balaban J connectivity index is 0.000000155. The van der Waals surface area contributed by atoms with Gasteiger partial charge in [0.25, 0.3) is 0 Å². The second-order valence-corrected chi connectivity index (χ2v) is 8.63. The van der Waals surface area contributed by atoms with E-state index in [2.05, 4.69) is 44.8 Å². The minimum Gasteiger partial charge on any atom is -0.469 e. The molecule has 38 heavy (non-hydrogen) atoms. The molecule has 5 aromatic rings. The van der Waals surface area contributed by atoms with Gasteiger partial charge in [0.2, 0.25) is 0 Å². The van der Waals surface area contributed by atoms with Gasteiger partial charge < -0.3 is 30.6 Å². The Bertz CT molecular complexity index is 1550. The zero-order valence-corrected chi connectivity index (χ0v) is 20.7. The summed E-state index contributed by atoms with van der Waals surface area (Å²) in [6, 6.07) is 4.18. The number of aliphatic hydroxyl groups is 1. The third-order valence-corrected chi connectivity index (χ3v) is 6.20. The Labute approximate surface area is 217 Å². The van der Waals surface area contributed by atoms with Crippen molar-refractivity contribution in [1.29, 1.82) is 5.41 Å². The van der Waals surface area contributed by atoms with Gasteiger partial charge in [0.15, 0.2) is 11.5 Å². The highest BCUT2D eigenvalue weighted by atomic mass is 16.3. The fourth-order valence-electron chi connectivity index (χ4n) is 4.41. The topological polar surface area (TPSA) is 190 Å². The van der Waals surface area contributed by atoms with E-state index >= 15 is 0 Å². The van der Waals surface area contributed by atoms with Crippen LogP contribution in [0.4, 0.5) is 11.6 Å². The molecule has 0 bridgehead atoms. The van der Waals surface area contributed by atoms with Gasteiger partial charge >= 0.3 is 0 Å². The number of aliphatic hydroxyl groups excluding tert-OH is 1. The van der Waals surface area contributed by atoms with Crippen molar-refractivity contribution < 1.29 is 9.52 Å². The van der Waals surface area contributed by atoms with Crippen LogP contribution < -0.4 is 11.1 Å². The minimum absolute atomic E-state index is 0.147. The maximum absolute atomic E-state index is 9.22. The van der Waals surface area contributed by atoms with Gasteiger partial charge in [0, 0.05) is 31.6 Å². The maximum Gasteiger partial charge on any atom is 0.182 e. The summed E-state index contributed by atoms with van der Waals surface area (Å²) in [5.74, 6) is 2.71. The Morgan fingerprint density at radius 1 is 1.13 bits per heavy atom. The Kier molecular flexibility index (Phi) is 7.26. The first-order chi connectivity index (χ1) is 18.6. The lowest BCUT2D eigenvalue weighted by Gasteiger charge is -2.24. The van der Waals surface area contributed by atoms with Gasteiger partial charge in [-0.15, -0.1) is 0 Å². The van der Waals surface area contributed by atoms with Gasteiger partial charge in [-0.3, -0.25) is 9.97 Å². The smallest absolute Gasteiger partial charge is 0.182 e. The molecule has 13 nitrogen and oxygen atoms in total. The van der Waals surface area contributed by atoms with E-state index in [4.69, 9.17) is 15.6 Å². The van der Waals surface area contributed by atoms with Crippen LogP contribution >= 0.6 is 0 Å². The SMILES string of the molecule is Cc1nc(N)c(C=N)c(CCc2nccnc2CO)n1.c1coc(CC2CNc3ncnc4ncn2c34)c1. The van der Waals surface area contributed by atoms with Crippen molar-refractivity contribution in [3.05, 3.63) is 77.7 Å². The van der Waals surface area contributed by atoms with Gasteiger partial charge in [-0.1, -0.05) is 0 Å². The second-order valence-electron chi connectivity index (χ2n) is 8.63. The third kappa shape index (κ3) is 5.18. The molecule has 6 heterocycles. The molecule has 1 aliphatic rings. The molecule has 1 aliphatic heterocycles. The lowest BCUT2D eigenvalue weighted by molar-refractivity contribution is 0.274. The van der Waals surface area contributed by atoms with E-state index in [1.54, 1.807) is 25.6 Å². The standard InChI is InChI=1S/C13H16N6O.C12H11N5O/c1-8-18-10(9(6-14)13(15)19-8)2-3-11-12(7-20)17-5-4-16-11;1-2-9(18-3-1)4-8-5-13-11-10-12(15-6-14-11)16-7-17(8)10/h4-6,14,20H,2-3,7H2,1H3,(H2,15,18,19);1-3,6-8H,4-5H2,(H,13,14,15). The van der Waals surface area contributed by atoms with E-state index in [-0.39, 0.29) is 12.6 Å². The number of hydrogen-bond donors (Lipinski definition) is 4. The van der Waals surface area contributed by atoms with Crippen molar-refractivity contribution in [3.63, 3.8) is 0 Å². The molecule has 0 saturated heterocycles. The first-order valence-electron chi connectivity index (χ1n) is 12.0. The predicted octanol–water partition coefficient (Wildman–Crippen LogP) is 2.06. The lowest BCUT2D eigenvalue weighted by Crippen LogP contribution is -2.25. The molecule has 0 aliphatic carbocycles. The summed E-state index contributed by atoms with van der Waals surface area (Å²) in [4.78, 5) is 29.4. The third-order valence-electron chi connectivity index (χ3n) is 6.20. The van der Waals surface area contributed by atoms with E-state index in [1.807, 2.05) is 18.5 Å². The lowest BCUT2D eigenvalue weighted by atomic mass is 10.1. The molecule has 1 unspecified atom stereocenters. The summed E-state index contributed by atoms with van der Waals surface area (Å²) < 4.78 is 7.53. The summed E-state index contributed by atoms with van der Waals surface area (Å²) in [5.41, 5.74) is 10.0. The first kappa shape index (κ1) is 24.9. The predicted molar refractivity (Wildman–Crippen MR) is 140 cm³/mol. The van der Waals surface area contributed by atoms with Crippen molar-refractivity contribution in [3.8, 4) is 0 Å². The van der Waals surface area contributed by atoms with Gasteiger partial charge in [-0.2, -0.15) is 0 Å². The van der Waals surface area contributed by atoms with E-state index in [0.717, 1.165) is 47.6 Å². The van der Waals surface area contributed by atoms with E-state index < -0.39 is 0 Å². The molecule has 0 radical (unpaired) electrons. The maximum atomic E-state index is 9.22. The van der Waals surface area contributed by atoms with Crippen LogP contribution in [0, 0.1) is 12.3 Å². The van der Waals surface area contributed by atoms with Gasteiger partial charge in [-0.25, -0.2) is 24.9 Å². The zero-order valence-electron chi connectivity index (χ0n) is 20.7. The number of nitrogens with two attached hydrogens (primary N) is 1. The molecule has 1 atom stereocenters. The highest BCUT2D eigenvalue weighted by molar-refractivity contribution is 5.85. The fraction of sp³-hybridized carbons (Fsp3) is 0.280. The Morgan fingerprint density at radius 2 is 1.95 bits per heavy atom. The number of aromatic nitrogens is 8. The number of rotatable bonds is 7. The quantitative estimate of drug-likeness (QED) is 0.233. The van der Waals surface area contributed by atoms with Crippen LogP contribution in [0.3, 0.4) is 0 Å². The molecule has 6 rings (SSSR count). The van der Waals surface area contributed by atoms with Crippen molar-refractivity contribution in [2.45, 2.75) is 38.8 Å². The Morgan fingerprint density at radius 3 is 2.71 bits per heavy atom. The monoisotopic (exact) mass is 513 g/mol. The summed E-state index contributed by atoms with van der Waals surface area (Å²) in [6.07, 6.45) is 11.3. The molecule has 0 saturated carbocycles. The highest BCUT2D eigenvalue weighted by Gasteiger charge is 2.23. The number of aryl methyl sites for hydroxylation is 3. The number of anilines is 2. The number of nitrogen functional groups attached to an aromatic ring is 1. The molecule has 0 amide bonds. The van der Waals surface area contributed by atoms with Crippen LogP contribution in [0.1, 0.15) is 40.3 Å². The molecular formula is C25H27N11O2. The fourth-order valence-corrected chi connectivity index (χ4v) is 4.41. The first-order valence-corrected chi connectivity index (χ1v) is 12.0. The van der Waals surface area contributed by atoms with Gasteiger partial charge in [0.05, 0.1) is 47.9 Å². The van der Waals surface area contributed by atoms with Crippen LogP contribution in [0.5, 0.6) is 0 Å². The zero-order chi connectivity index (χ0) is 26.5. The molecular weight excluding hydrogens is 486 g/mol. The second kappa shape index (κ2) is 11.1. The van der Waals surface area contributed by atoms with E-state index in [1.165, 1.54) is 6.33 Å². The number of nitrogens with zero attached hydrogens (tertiary/aromatic N) is 8. The van der Waals surface area contributed by atoms with E-state index in [9.17, 15) is 5.11 Å². The summed E-state index contributed by atoms with van der Waals surface area (Å²) in [5, 5.41) is 19.9. The van der Waals surface area contributed by atoms with Crippen molar-refractivity contribution >= 4 is 29.0 Å². The van der Waals surface area contributed by atoms with E-state index in [0.29, 0.717) is 41.4 Å².